The molecular formula is C11H13NO7. The summed E-state index contributed by atoms with van der Waals surface area (Å²) in [5.41, 5.74) is -0.568. The molecule has 8 heteroatoms. The van der Waals surface area contributed by atoms with Crippen LogP contribution in [-0.4, -0.2) is 47.9 Å². The third kappa shape index (κ3) is 3.63. The molecule has 19 heavy (non-hydrogen) atoms. The highest BCUT2D eigenvalue weighted by atomic mass is 16.6. The highest BCUT2D eigenvalue weighted by molar-refractivity contribution is 5.83. The molecule has 2 N–H and O–H groups in total. The number of nitro benzene ring substituents is 1. The van der Waals surface area contributed by atoms with E-state index >= 15 is 0 Å². The van der Waals surface area contributed by atoms with Gasteiger partial charge in [-0.3, -0.25) is 14.9 Å². The number of aliphatic hydroxyl groups excluding tert-OH is 2. The number of carbonyl (C=O) groups excluding carboxylic acids is 1. The molecule has 8 nitrogen and oxygen atoms in total. The number of carbonyl (C=O) groups is 1. The van der Waals surface area contributed by atoms with Crippen LogP contribution in [0, 0.1) is 10.1 Å². The molecule has 0 aliphatic heterocycles. The quantitative estimate of drug-likeness (QED) is 0.411. The van der Waals surface area contributed by atoms with Crippen molar-refractivity contribution in [3.05, 3.63) is 27.8 Å². The minimum absolute atomic E-state index is 0.00676. The zero-order valence-corrected chi connectivity index (χ0v) is 10.1. The normalized spacial score (nSPS) is 11.7. The highest BCUT2D eigenvalue weighted by Gasteiger charge is 2.19. The number of benzene rings is 1. The van der Waals surface area contributed by atoms with Crippen LogP contribution in [-0.2, 0) is 0 Å². The van der Waals surface area contributed by atoms with Gasteiger partial charge >= 0.3 is 0 Å². The second-order valence-electron chi connectivity index (χ2n) is 3.58. The molecule has 0 bridgehead atoms. The number of methoxy groups -OCH3 is 1. The lowest BCUT2D eigenvalue weighted by Crippen LogP contribution is -2.21. The maximum atomic E-state index is 10.8. The lowest BCUT2D eigenvalue weighted by molar-refractivity contribution is -0.385. The fourth-order valence-corrected chi connectivity index (χ4v) is 1.33. The largest absolute Gasteiger partial charge is 0.493 e. The van der Waals surface area contributed by atoms with E-state index in [1.54, 1.807) is 0 Å². The Morgan fingerprint density at radius 3 is 2.63 bits per heavy atom. The van der Waals surface area contributed by atoms with E-state index in [2.05, 4.69) is 0 Å². The third-order valence-electron chi connectivity index (χ3n) is 2.28. The van der Waals surface area contributed by atoms with Crippen LogP contribution < -0.4 is 9.47 Å². The molecule has 104 valence electrons. The molecule has 0 aliphatic rings. The Kier molecular flexibility index (Phi) is 5.22. The highest BCUT2D eigenvalue weighted by Crippen LogP contribution is 2.34. The summed E-state index contributed by atoms with van der Waals surface area (Å²) in [4.78, 5) is 20.8. The van der Waals surface area contributed by atoms with Gasteiger partial charge in [0.2, 0.25) is 0 Å². The first-order valence-electron chi connectivity index (χ1n) is 5.26. The Hall–Kier alpha value is -2.19. The van der Waals surface area contributed by atoms with Gasteiger partial charge in [0.05, 0.1) is 30.3 Å². The molecule has 0 radical (unpaired) electrons. The van der Waals surface area contributed by atoms with E-state index in [1.807, 2.05) is 0 Å². The zero-order valence-electron chi connectivity index (χ0n) is 10.1. The molecule has 1 aromatic rings. The van der Waals surface area contributed by atoms with Crippen LogP contribution in [0.1, 0.15) is 10.4 Å². The fourth-order valence-electron chi connectivity index (χ4n) is 1.33. The summed E-state index contributed by atoms with van der Waals surface area (Å²) >= 11 is 0. The Morgan fingerprint density at radius 2 is 2.16 bits per heavy atom. The van der Waals surface area contributed by atoms with Gasteiger partial charge in [-0.15, -0.1) is 0 Å². The molecule has 0 amide bonds. The summed E-state index contributed by atoms with van der Waals surface area (Å²) < 4.78 is 10.1. The van der Waals surface area contributed by atoms with Gasteiger partial charge in [-0.1, -0.05) is 0 Å². The van der Waals surface area contributed by atoms with Crippen molar-refractivity contribution < 1.29 is 29.4 Å². The second kappa shape index (κ2) is 6.66. The number of aliphatic hydroxyl groups is 2. The Morgan fingerprint density at radius 1 is 1.47 bits per heavy atom. The average molecular weight is 271 g/mol. The van der Waals surface area contributed by atoms with Crippen molar-refractivity contribution in [2.75, 3.05) is 20.3 Å². The molecule has 0 heterocycles. The molecule has 1 atom stereocenters. The summed E-state index contributed by atoms with van der Waals surface area (Å²) in [5.74, 6) is 0.130. The Bertz CT molecular complexity index is 474. The first-order valence-corrected chi connectivity index (χ1v) is 5.26. The molecule has 1 unspecified atom stereocenters. The van der Waals surface area contributed by atoms with Gasteiger partial charge in [0.15, 0.2) is 17.8 Å². The van der Waals surface area contributed by atoms with Gasteiger partial charge in [-0.2, -0.15) is 0 Å². The molecule has 0 aliphatic carbocycles. The van der Waals surface area contributed by atoms with Crippen LogP contribution in [0.25, 0.3) is 0 Å². The molecule has 1 aromatic carbocycles. The number of ether oxygens (including phenoxy) is 2. The summed E-state index contributed by atoms with van der Waals surface area (Å²) in [6.45, 7) is -0.763. The van der Waals surface area contributed by atoms with Crippen LogP contribution in [0.3, 0.4) is 0 Å². The molecule has 0 saturated carbocycles. The van der Waals surface area contributed by atoms with Crippen molar-refractivity contribution in [3.8, 4) is 11.5 Å². The Labute approximate surface area is 108 Å². The van der Waals surface area contributed by atoms with Crippen molar-refractivity contribution in [2.45, 2.75) is 6.10 Å². The first-order chi connectivity index (χ1) is 9.03. The number of nitrogens with zero attached hydrogens (tertiary/aromatic N) is 1. The summed E-state index contributed by atoms with van der Waals surface area (Å²) in [5, 5.41) is 28.6. The SMILES string of the molecule is COc1cc(C=O)c([N+](=O)[O-])cc1OCC(O)CO. The molecule has 0 saturated heterocycles. The van der Waals surface area contributed by atoms with Gasteiger partial charge in [0, 0.05) is 6.07 Å². The zero-order chi connectivity index (χ0) is 14.4. The summed E-state index contributed by atoms with van der Waals surface area (Å²) in [7, 11) is 1.31. The van der Waals surface area contributed by atoms with Crippen LogP contribution in [0.2, 0.25) is 0 Å². The number of nitro groups is 1. The predicted molar refractivity (Wildman–Crippen MR) is 63.6 cm³/mol. The fraction of sp³-hybridized carbons (Fsp3) is 0.364. The van der Waals surface area contributed by atoms with Crippen LogP contribution in [0.5, 0.6) is 11.5 Å². The molecule has 0 aromatic heterocycles. The van der Waals surface area contributed by atoms with Crippen molar-refractivity contribution in [1.82, 2.24) is 0 Å². The van der Waals surface area contributed by atoms with Crippen LogP contribution in [0.15, 0.2) is 12.1 Å². The average Bonchev–Trinajstić information content (AvgIpc) is 2.43. The van der Waals surface area contributed by atoms with Crippen molar-refractivity contribution >= 4 is 12.0 Å². The van der Waals surface area contributed by atoms with Crippen LogP contribution >= 0.6 is 0 Å². The number of hydrogen-bond donors (Lipinski definition) is 2. The number of rotatable bonds is 7. The molecular weight excluding hydrogens is 258 g/mol. The maximum absolute atomic E-state index is 10.8. The van der Waals surface area contributed by atoms with Gasteiger partial charge in [0.25, 0.3) is 5.69 Å². The van der Waals surface area contributed by atoms with Crippen molar-refractivity contribution in [2.24, 2.45) is 0 Å². The van der Waals surface area contributed by atoms with E-state index in [0.717, 1.165) is 6.07 Å². The minimum Gasteiger partial charge on any atom is -0.493 e. The van der Waals surface area contributed by atoms with Crippen molar-refractivity contribution in [1.29, 1.82) is 0 Å². The van der Waals surface area contributed by atoms with E-state index < -0.39 is 23.3 Å². The molecule has 0 fully saturated rings. The van der Waals surface area contributed by atoms with E-state index in [1.165, 1.54) is 13.2 Å². The number of aldehydes is 1. The van der Waals surface area contributed by atoms with Gasteiger partial charge in [0.1, 0.15) is 12.7 Å². The second-order valence-corrected chi connectivity index (χ2v) is 3.58. The topological polar surface area (TPSA) is 119 Å². The summed E-state index contributed by atoms with van der Waals surface area (Å²) in [6, 6.07) is 2.21. The lowest BCUT2D eigenvalue weighted by Gasteiger charge is -2.13. The van der Waals surface area contributed by atoms with E-state index in [0.29, 0.717) is 6.29 Å². The monoisotopic (exact) mass is 271 g/mol. The first kappa shape index (κ1) is 14.9. The van der Waals surface area contributed by atoms with Gasteiger partial charge < -0.3 is 19.7 Å². The molecule has 0 spiro atoms. The van der Waals surface area contributed by atoms with E-state index in [4.69, 9.17) is 19.7 Å². The predicted octanol–water partition coefficient (Wildman–Crippen LogP) is 0.148. The number of hydrogen-bond acceptors (Lipinski definition) is 7. The third-order valence-corrected chi connectivity index (χ3v) is 2.28. The maximum Gasteiger partial charge on any atom is 0.283 e. The van der Waals surface area contributed by atoms with Gasteiger partial charge in [-0.05, 0) is 0 Å². The van der Waals surface area contributed by atoms with Gasteiger partial charge in [-0.25, -0.2) is 0 Å². The smallest absolute Gasteiger partial charge is 0.283 e. The summed E-state index contributed by atoms with van der Waals surface area (Å²) in [6.07, 6.45) is -0.776. The van der Waals surface area contributed by atoms with E-state index in [-0.39, 0.29) is 23.7 Å². The van der Waals surface area contributed by atoms with Crippen molar-refractivity contribution in [3.63, 3.8) is 0 Å². The standard InChI is InChI=1S/C11H13NO7/c1-18-10-2-7(4-13)9(12(16)17)3-11(10)19-6-8(15)5-14/h2-4,8,14-15H,5-6H2,1H3. The molecule has 1 rings (SSSR count). The van der Waals surface area contributed by atoms with Crippen LogP contribution in [0.4, 0.5) is 5.69 Å². The van der Waals surface area contributed by atoms with E-state index in [9.17, 15) is 14.9 Å². The Balaban J connectivity index is 3.11. The lowest BCUT2D eigenvalue weighted by atomic mass is 10.1. The minimum atomic E-state index is -1.12.